The Morgan fingerprint density at radius 3 is 2.57 bits per heavy atom. The topological polar surface area (TPSA) is 64.4 Å². The van der Waals surface area contributed by atoms with Gasteiger partial charge in [0.25, 0.3) is 0 Å². The molecule has 0 saturated carbocycles. The Hall–Kier alpha value is -2.28. The van der Waals surface area contributed by atoms with E-state index in [0.717, 1.165) is 6.07 Å². The van der Waals surface area contributed by atoms with Gasteiger partial charge in [-0.15, -0.1) is 0 Å². The molecule has 1 saturated heterocycles. The number of aromatic nitrogens is 1. The van der Waals surface area contributed by atoms with Gasteiger partial charge in [-0.25, -0.2) is 8.78 Å². The van der Waals surface area contributed by atoms with Gasteiger partial charge >= 0.3 is 0 Å². The zero-order valence-corrected chi connectivity index (χ0v) is 16.4. The van der Waals surface area contributed by atoms with Crippen molar-refractivity contribution < 1.29 is 22.8 Å². The van der Waals surface area contributed by atoms with Crippen LogP contribution in [-0.2, 0) is 16.0 Å². The van der Waals surface area contributed by atoms with Gasteiger partial charge in [-0.05, 0) is 37.8 Å². The summed E-state index contributed by atoms with van der Waals surface area (Å²) in [6.45, 7) is 7.09. The fraction of sp³-hybridized carbons (Fsp3) is 0.524. The molecule has 1 aromatic carbocycles. The second kappa shape index (κ2) is 8.39. The summed E-state index contributed by atoms with van der Waals surface area (Å²) in [7, 11) is 0. The van der Waals surface area contributed by atoms with Gasteiger partial charge in [0.05, 0.1) is 5.41 Å². The third-order valence-electron chi connectivity index (χ3n) is 5.57. The first-order chi connectivity index (χ1) is 13.3. The number of amides is 1. The standard InChI is InChI=1S/C21H26F2N2O3/c1-13(2)14(3)24-20(26)21(6-8-27-9-7-21)12-16-11-19(25-28-16)17-5-4-15(22)10-18(17)23/h4-5,10-11,13-14H,6-9,12H2,1-3H3,(H,24,26). The summed E-state index contributed by atoms with van der Waals surface area (Å²) in [6.07, 6.45) is 1.50. The molecule has 5 nitrogen and oxygen atoms in total. The van der Waals surface area contributed by atoms with Gasteiger partial charge in [0, 0.05) is 43.4 Å². The van der Waals surface area contributed by atoms with E-state index in [-0.39, 0.29) is 23.2 Å². The van der Waals surface area contributed by atoms with Crippen LogP contribution in [0.3, 0.4) is 0 Å². The summed E-state index contributed by atoms with van der Waals surface area (Å²) in [5.41, 5.74) is -0.208. The SMILES string of the molecule is CC(C)C(C)NC(=O)C1(Cc2cc(-c3ccc(F)cc3F)no2)CCOCC1. The predicted octanol–water partition coefficient (Wildman–Crippen LogP) is 4.12. The van der Waals surface area contributed by atoms with Crippen LogP contribution in [0.4, 0.5) is 8.78 Å². The molecule has 1 aliphatic rings. The summed E-state index contributed by atoms with van der Waals surface area (Å²) in [5.74, 6) is -0.568. The molecule has 1 fully saturated rings. The van der Waals surface area contributed by atoms with Crippen LogP contribution in [0.1, 0.15) is 39.4 Å². The number of nitrogens with one attached hydrogen (secondary N) is 1. The molecule has 1 aliphatic heterocycles. The fourth-order valence-corrected chi connectivity index (χ4v) is 3.33. The number of rotatable bonds is 6. The maximum absolute atomic E-state index is 14.0. The minimum atomic E-state index is -0.705. The highest BCUT2D eigenvalue weighted by molar-refractivity contribution is 5.83. The highest BCUT2D eigenvalue weighted by Gasteiger charge is 2.41. The first-order valence-electron chi connectivity index (χ1n) is 9.60. The van der Waals surface area contributed by atoms with Crippen molar-refractivity contribution in [2.75, 3.05) is 13.2 Å². The number of ether oxygens (including phenoxy) is 1. The zero-order valence-electron chi connectivity index (χ0n) is 16.4. The molecule has 152 valence electrons. The summed E-state index contributed by atoms with van der Waals surface area (Å²) >= 11 is 0. The Labute approximate surface area is 163 Å². The monoisotopic (exact) mass is 392 g/mol. The summed E-state index contributed by atoms with van der Waals surface area (Å²) < 4.78 is 38.0. The number of halogens is 2. The van der Waals surface area contributed by atoms with E-state index in [0.29, 0.717) is 44.2 Å². The number of hydrogen-bond donors (Lipinski definition) is 1. The minimum Gasteiger partial charge on any atom is -0.381 e. The molecule has 0 spiro atoms. The lowest BCUT2D eigenvalue weighted by molar-refractivity contribution is -0.138. The largest absolute Gasteiger partial charge is 0.381 e. The second-order valence-corrected chi connectivity index (χ2v) is 7.88. The quantitative estimate of drug-likeness (QED) is 0.803. The Morgan fingerprint density at radius 1 is 1.21 bits per heavy atom. The van der Waals surface area contributed by atoms with E-state index in [1.165, 1.54) is 12.1 Å². The molecule has 1 amide bonds. The van der Waals surface area contributed by atoms with Gasteiger partial charge in [0.1, 0.15) is 23.1 Å². The molecule has 1 atom stereocenters. The van der Waals surface area contributed by atoms with E-state index < -0.39 is 17.0 Å². The molecule has 0 bridgehead atoms. The average molecular weight is 392 g/mol. The molecule has 0 aliphatic carbocycles. The van der Waals surface area contributed by atoms with E-state index in [1.807, 2.05) is 6.92 Å². The van der Waals surface area contributed by atoms with E-state index in [4.69, 9.17) is 9.26 Å². The van der Waals surface area contributed by atoms with Crippen molar-refractivity contribution in [3.8, 4) is 11.3 Å². The van der Waals surface area contributed by atoms with Gasteiger partial charge in [0.15, 0.2) is 0 Å². The number of nitrogens with zero attached hydrogens (tertiary/aromatic N) is 1. The van der Waals surface area contributed by atoms with E-state index in [2.05, 4.69) is 24.3 Å². The third kappa shape index (κ3) is 4.41. The Kier molecular flexibility index (Phi) is 6.13. The van der Waals surface area contributed by atoms with Gasteiger partial charge in [0.2, 0.25) is 5.91 Å². The van der Waals surface area contributed by atoms with Crippen molar-refractivity contribution in [3.05, 3.63) is 41.7 Å². The van der Waals surface area contributed by atoms with Crippen molar-refractivity contribution in [1.29, 1.82) is 0 Å². The maximum Gasteiger partial charge on any atom is 0.227 e. The van der Waals surface area contributed by atoms with Crippen LogP contribution in [0.25, 0.3) is 11.3 Å². The normalized spacial score (nSPS) is 17.5. The number of carbonyl (C=O) groups excluding carboxylic acids is 1. The Morgan fingerprint density at radius 2 is 1.93 bits per heavy atom. The van der Waals surface area contributed by atoms with Gasteiger partial charge in [-0.2, -0.15) is 0 Å². The van der Waals surface area contributed by atoms with Crippen molar-refractivity contribution in [2.24, 2.45) is 11.3 Å². The molecule has 1 N–H and O–H groups in total. The number of carbonyl (C=O) groups is 1. The van der Waals surface area contributed by atoms with Crippen LogP contribution in [0.5, 0.6) is 0 Å². The van der Waals surface area contributed by atoms with Crippen molar-refractivity contribution >= 4 is 5.91 Å². The average Bonchev–Trinajstić information content (AvgIpc) is 3.10. The van der Waals surface area contributed by atoms with Crippen LogP contribution in [-0.4, -0.2) is 30.3 Å². The number of hydrogen-bond acceptors (Lipinski definition) is 4. The Bertz CT molecular complexity index is 829. The molecular weight excluding hydrogens is 366 g/mol. The van der Waals surface area contributed by atoms with Crippen molar-refractivity contribution in [2.45, 2.75) is 46.1 Å². The van der Waals surface area contributed by atoms with E-state index in [1.54, 1.807) is 6.07 Å². The molecule has 28 heavy (non-hydrogen) atoms. The maximum atomic E-state index is 14.0. The molecular formula is C21H26F2N2O3. The first kappa shape index (κ1) is 20.5. The lowest BCUT2D eigenvalue weighted by Crippen LogP contribution is -2.49. The first-order valence-corrected chi connectivity index (χ1v) is 9.60. The van der Waals surface area contributed by atoms with E-state index >= 15 is 0 Å². The second-order valence-electron chi connectivity index (χ2n) is 7.88. The van der Waals surface area contributed by atoms with Crippen LogP contribution in [0.15, 0.2) is 28.8 Å². The zero-order chi connectivity index (χ0) is 20.3. The van der Waals surface area contributed by atoms with Gasteiger partial charge in [-0.1, -0.05) is 19.0 Å². The van der Waals surface area contributed by atoms with Crippen molar-refractivity contribution in [1.82, 2.24) is 10.5 Å². The highest BCUT2D eigenvalue weighted by atomic mass is 19.1. The van der Waals surface area contributed by atoms with Crippen LogP contribution in [0, 0.1) is 23.0 Å². The molecule has 3 rings (SSSR count). The van der Waals surface area contributed by atoms with Crippen molar-refractivity contribution in [3.63, 3.8) is 0 Å². The fourth-order valence-electron chi connectivity index (χ4n) is 3.33. The van der Waals surface area contributed by atoms with Crippen LogP contribution < -0.4 is 5.32 Å². The van der Waals surface area contributed by atoms with Gasteiger partial charge < -0.3 is 14.6 Å². The Balaban J connectivity index is 1.82. The van der Waals surface area contributed by atoms with Crippen LogP contribution >= 0.6 is 0 Å². The summed E-state index contributed by atoms with van der Waals surface area (Å²) in [4.78, 5) is 13.1. The number of benzene rings is 1. The molecule has 7 heteroatoms. The minimum absolute atomic E-state index is 0.0251. The highest BCUT2D eigenvalue weighted by Crippen LogP contribution is 2.36. The van der Waals surface area contributed by atoms with Crippen LogP contribution in [0.2, 0.25) is 0 Å². The molecule has 2 heterocycles. The molecule has 2 aromatic rings. The predicted molar refractivity (Wildman–Crippen MR) is 100 cm³/mol. The third-order valence-corrected chi connectivity index (χ3v) is 5.57. The molecule has 1 unspecified atom stereocenters. The van der Waals surface area contributed by atoms with E-state index in [9.17, 15) is 13.6 Å². The smallest absolute Gasteiger partial charge is 0.227 e. The lowest BCUT2D eigenvalue weighted by Gasteiger charge is -2.36. The molecule has 1 aromatic heterocycles. The molecule has 0 radical (unpaired) electrons. The lowest BCUT2D eigenvalue weighted by atomic mass is 9.75. The summed E-state index contributed by atoms with van der Waals surface area (Å²) in [5, 5.41) is 7.03. The summed E-state index contributed by atoms with van der Waals surface area (Å²) in [6, 6.07) is 4.98. The van der Waals surface area contributed by atoms with Gasteiger partial charge in [-0.3, -0.25) is 4.79 Å².